The van der Waals surface area contributed by atoms with Crippen LogP contribution in [0.4, 0.5) is 0 Å². The lowest BCUT2D eigenvalue weighted by molar-refractivity contribution is -0.143. The summed E-state index contributed by atoms with van der Waals surface area (Å²) in [5, 5.41) is 23.2. The van der Waals surface area contributed by atoms with Gasteiger partial charge in [0, 0.05) is 12.8 Å². The smallest absolute Gasteiger partial charge is 0.305 e. The van der Waals surface area contributed by atoms with Gasteiger partial charge in [0.05, 0.1) is 25.4 Å². The normalized spacial score (nSPS) is 13.0. The molecule has 0 aliphatic carbocycles. The monoisotopic (exact) mass is 898 g/mol. The van der Waals surface area contributed by atoms with Crippen LogP contribution in [0.5, 0.6) is 0 Å². The van der Waals surface area contributed by atoms with Gasteiger partial charge in [-0.05, 0) is 70.6 Å². The number of carbonyl (C=O) groups excluding carboxylic acids is 2. The van der Waals surface area contributed by atoms with Gasteiger partial charge in [-0.3, -0.25) is 9.59 Å². The fraction of sp³-hybridized carbons (Fsp3) is 0.828. The van der Waals surface area contributed by atoms with Gasteiger partial charge in [-0.2, -0.15) is 0 Å². The molecule has 0 bridgehead atoms. The Morgan fingerprint density at radius 2 is 0.797 bits per heavy atom. The third-order valence-electron chi connectivity index (χ3n) is 12.6. The van der Waals surface area contributed by atoms with Gasteiger partial charge in [0.15, 0.2) is 0 Å². The topological polar surface area (TPSA) is 95.9 Å². The third kappa shape index (κ3) is 49.3. The van der Waals surface area contributed by atoms with Gasteiger partial charge >= 0.3 is 5.97 Å². The van der Waals surface area contributed by atoms with E-state index in [-0.39, 0.29) is 18.5 Å². The highest BCUT2D eigenvalue weighted by atomic mass is 16.5. The standard InChI is InChI=1S/C58H107NO5/c1-3-5-7-9-11-13-15-17-28-32-36-40-44-48-52-58(63)64-53-49-45-41-37-33-29-26-24-22-20-18-19-21-23-25-27-31-35-39-43-47-51-57(62)59-55(54-60)56(61)50-46-42-38-34-30-16-14-12-10-8-6-4-2/h9,11,15,17,29,33,41,45,55-56,60-61H,3-8,10,12-14,16,18-28,30-32,34-40,42-44,46-54H2,1-2H3,(H,59,62)/b11-9-,17-15-,33-29-,45-41-. The number of amides is 1. The summed E-state index contributed by atoms with van der Waals surface area (Å²) in [6.07, 6.45) is 66.8. The molecule has 1 amide bonds. The van der Waals surface area contributed by atoms with Crippen molar-refractivity contribution in [3.05, 3.63) is 48.6 Å². The van der Waals surface area contributed by atoms with E-state index in [4.69, 9.17) is 4.74 Å². The Morgan fingerprint density at radius 3 is 1.23 bits per heavy atom. The Hall–Kier alpha value is -2.18. The predicted molar refractivity (Wildman–Crippen MR) is 278 cm³/mol. The van der Waals surface area contributed by atoms with E-state index in [1.807, 2.05) is 0 Å². The van der Waals surface area contributed by atoms with E-state index in [0.29, 0.717) is 25.9 Å². The zero-order valence-electron chi connectivity index (χ0n) is 42.5. The molecule has 0 aromatic carbocycles. The number of nitrogens with one attached hydrogen (secondary N) is 1. The number of aliphatic hydroxyl groups excluding tert-OH is 2. The van der Waals surface area contributed by atoms with Gasteiger partial charge in [-0.15, -0.1) is 0 Å². The lowest BCUT2D eigenvalue weighted by Crippen LogP contribution is -2.45. The molecular formula is C58H107NO5. The average molecular weight is 898 g/mol. The summed E-state index contributed by atoms with van der Waals surface area (Å²) in [6, 6.07) is -0.545. The van der Waals surface area contributed by atoms with E-state index in [1.165, 1.54) is 186 Å². The van der Waals surface area contributed by atoms with Crippen molar-refractivity contribution in [1.29, 1.82) is 0 Å². The van der Waals surface area contributed by atoms with Gasteiger partial charge in [0.2, 0.25) is 5.91 Å². The van der Waals surface area contributed by atoms with Crippen LogP contribution in [0, 0.1) is 0 Å². The Labute approximate surface area is 397 Å². The molecule has 0 aliphatic heterocycles. The van der Waals surface area contributed by atoms with Crippen molar-refractivity contribution in [3.8, 4) is 0 Å². The molecule has 0 radical (unpaired) electrons. The lowest BCUT2D eigenvalue weighted by Gasteiger charge is -2.22. The van der Waals surface area contributed by atoms with E-state index in [0.717, 1.165) is 64.2 Å². The van der Waals surface area contributed by atoms with Gasteiger partial charge in [0.1, 0.15) is 0 Å². The van der Waals surface area contributed by atoms with Crippen molar-refractivity contribution in [3.63, 3.8) is 0 Å². The SMILES string of the molecule is CCCC/C=C\C/C=C\CCCCCCCC(=O)OCC/C=C\C/C=C\CCCCCCCCCCCCCCCCC(=O)NC(CO)C(O)CCCCCCCCCCCCCC. The van der Waals surface area contributed by atoms with Crippen LogP contribution in [-0.2, 0) is 14.3 Å². The second kappa shape index (κ2) is 53.4. The highest BCUT2D eigenvalue weighted by Gasteiger charge is 2.20. The summed E-state index contributed by atoms with van der Waals surface area (Å²) >= 11 is 0. The number of rotatable bonds is 51. The fourth-order valence-corrected chi connectivity index (χ4v) is 8.32. The maximum atomic E-state index is 12.4. The highest BCUT2D eigenvalue weighted by molar-refractivity contribution is 5.76. The van der Waals surface area contributed by atoms with Crippen molar-refractivity contribution in [1.82, 2.24) is 5.32 Å². The molecular weight excluding hydrogens is 791 g/mol. The summed E-state index contributed by atoms with van der Waals surface area (Å²) in [6.45, 7) is 4.79. The second-order valence-corrected chi connectivity index (χ2v) is 18.9. The predicted octanol–water partition coefficient (Wildman–Crippen LogP) is 17.0. The molecule has 374 valence electrons. The van der Waals surface area contributed by atoms with E-state index in [2.05, 4.69) is 67.8 Å². The maximum Gasteiger partial charge on any atom is 0.305 e. The van der Waals surface area contributed by atoms with Crippen LogP contribution in [0.2, 0.25) is 0 Å². The van der Waals surface area contributed by atoms with Crippen molar-refractivity contribution in [2.75, 3.05) is 13.2 Å². The molecule has 0 aromatic rings. The molecule has 6 heteroatoms. The van der Waals surface area contributed by atoms with Crippen molar-refractivity contribution in [2.24, 2.45) is 0 Å². The van der Waals surface area contributed by atoms with Crippen molar-refractivity contribution in [2.45, 2.75) is 296 Å². The van der Waals surface area contributed by atoms with Crippen LogP contribution in [-0.4, -0.2) is 47.4 Å². The fourth-order valence-electron chi connectivity index (χ4n) is 8.32. The van der Waals surface area contributed by atoms with Crippen LogP contribution >= 0.6 is 0 Å². The number of carbonyl (C=O) groups is 2. The number of allylic oxidation sites excluding steroid dienone is 7. The molecule has 0 heterocycles. The zero-order valence-corrected chi connectivity index (χ0v) is 42.5. The zero-order chi connectivity index (χ0) is 46.5. The molecule has 2 atom stereocenters. The van der Waals surface area contributed by atoms with Crippen LogP contribution in [0.25, 0.3) is 0 Å². The number of aliphatic hydroxyl groups is 2. The minimum Gasteiger partial charge on any atom is -0.465 e. The first-order valence-electron chi connectivity index (χ1n) is 27.9. The van der Waals surface area contributed by atoms with Gasteiger partial charge in [-0.1, -0.05) is 249 Å². The highest BCUT2D eigenvalue weighted by Crippen LogP contribution is 2.16. The van der Waals surface area contributed by atoms with Gasteiger partial charge < -0.3 is 20.3 Å². The molecule has 0 fully saturated rings. The van der Waals surface area contributed by atoms with E-state index in [9.17, 15) is 19.8 Å². The molecule has 0 saturated carbocycles. The first kappa shape index (κ1) is 61.8. The van der Waals surface area contributed by atoms with Gasteiger partial charge in [0.25, 0.3) is 0 Å². The van der Waals surface area contributed by atoms with Crippen molar-refractivity contribution < 1.29 is 24.5 Å². The first-order chi connectivity index (χ1) is 31.5. The van der Waals surface area contributed by atoms with Crippen LogP contribution in [0.15, 0.2) is 48.6 Å². The molecule has 3 N–H and O–H groups in total. The molecule has 64 heavy (non-hydrogen) atoms. The number of unbranched alkanes of at least 4 members (excludes halogenated alkanes) is 32. The van der Waals surface area contributed by atoms with Gasteiger partial charge in [-0.25, -0.2) is 0 Å². The first-order valence-corrected chi connectivity index (χ1v) is 27.9. The number of hydrogen-bond acceptors (Lipinski definition) is 5. The summed E-state index contributed by atoms with van der Waals surface area (Å²) < 4.78 is 5.40. The summed E-state index contributed by atoms with van der Waals surface area (Å²) in [4.78, 5) is 24.4. The quantitative estimate of drug-likeness (QED) is 0.0321. The second-order valence-electron chi connectivity index (χ2n) is 18.9. The molecule has 0 aromatic heterocycles. The van der Waals surface area contributed by atoms with E-state index >= 15 is 0 Å². The molecule has 0 rings (SSSR count). The van der Waals surface area contributed by atoms with Crippen LogP contribution in [0.1, 0.15) is 284 Å². The molecule has 0 saturated heterocycles. The molecule has 0 spiro atoms. The largest absolute Gasteiger partial charge is 0.465 e. The lowest BCUT2D eigenvalue weighted by atomic mass is 10.0. The Morgan fingerprint density at radius 1 is 0.438 bits per heavy atom. The van der Waals surface area contributed by atoms with Crippen LogP contribution < -0.4 is 5.32 Å². The Bertz CT molecular complexity index is 1080. The summed E-state index contributed by atoms with van der Waals surface area (Å²) in [5.74, 6) is -0.0916. The van der Waals surface area contributed by atoms with E-state index in [1.54, 1.807) is 0 Å². The Kier molecular flexibility index (Phi) is 51.6. The minimum absolute atomic E-state index is 0.0412. The third-order valence-corrected chi connectivity index (χ3v) is 12.6. The maximum absolute atomic E-state index is 12.4. The van der Waals surface area contributed by atoms with E-state index < -0.39 is 12.1 Å². The molecule has 0 aliphatic rings. The average Bonchev–Trinajstić information content (AvgIpc) is 3.29. The number of ether oxygens (including phenoxy) is 1. The Balaban J connectivity index is 3.46. The van der Waals surface area contributed by atoms with Crippen molar-refractivity contribution >= 4 is 11.9 Å². The number of esters is 1. The van der Waals surface area contributed by atoms with Crippen LogP contribution in [0.3, 0.4) is 0 Å². The number of hydrogen-bond donors (Lipinski definition) is 3. The minimum atomic E-state index is -0.667. The molecule has 6 nitrogen and oxygen atoms in total. The molecule has 2 unspecified atom stereocenters. The summed E-state index contributed by atoms with van der Waals surface area (Å²) in [7, 11) is 0. The summed E-state index contributed by atoms with van der Waals surface area (Å²) in [5.41, 5.74) is 0.